The summed E-state index contributed by atoms with van der Waals surface area (Å²) in [4.78, 5) is 0.859. The van der Waals surface area contributed by atoms with Crippen molar-refractivity contribution in [3.8, 4) is 5.75 Å². The monoisotopic (exact) mass is 352 g/mol. The van der Waals surface area contributed by atoms with Gasteiger partial charge in [0.05, 0.1) is 6.61 Å². The van der Waals surface area contributed by atoms with E-state index >= 15 is 0 Å². The maximum Gasteiger partial charge on any atom is 0.119 e. The van der Waals surface area contributed by atoms with E-state index < -0.39 is 0 Å². The molecule has 0 radical (unpaired) electrons. The zero-order chi connectivity index (χ0) is 17.9. The molecule has 0 aliphatic rings. The Kier molecular flexibility index (Phi) is 8.41. The number of unbranched alkanes of at least 4 members (excludes halogenated alkanes) is 2. The molecule has 0 aliphatic carbocycles. The highest BCUT2D eigenvalue weighted by Crippen LogP contribution is 2.16. The van der Waals surface area contributed by atoms with Gasteiger partial charge in [-0.05, 0) is 47.7 Å². The van der Waals surface area contributed by atoms with Gasteiger partial charge in [-0.15, -0.1) is 0 Å². The first-order valence-corrected chi connectivity index (χ1v) is 9.68. The van der Waals surface area contributed by atoms with Crippen LogP contribution in [0, 0.1) is 0 Å². The summed E-state index contributed by atoms with van der Waals surface area (Å²) < 4.78 is 5.81. The molecule has 0 spiro atoms. The van der Waals surface area contributed by atoms with Crippen LogP contribution in [-0.2, 0) is 6.42 Å². The van der Waals surface area contributed by atoms with E-state index in [0.717, 1.165) is 41.2 Å². The average molecular weight is 353 g/mol. The summed E-state index contributed by atoms with van der Waals surface area (Å²) in [5, 5.41) is 0. The van der Waals surface area contributed by atoms with E-state index in [1.807, 2.05) is 18.2 Å². The molecule has 0 fully saturated rings. The third kappa shape index (κ3) is 6.83. The second-order valence-corrected chi connectivity index (χ2v) is 6.71. The molecule has 0 saturated heterocycles. The Morgan fingerprint density at radius 2 is 1.80 bits per heavy atom. The maximum atomic E-state index is 5.81. The lowest BCUT2D eigenvalue weighted by atomic mass is 10.1. The van der Waals surface area contributed by atoms with Crippen LogP contribution in [0.4, 0.5) is 0 Å². The molecular formula is C23H28OS. The zero-order valence-corrected chi connectivity index (χ0v) is 16.1. The quantitative estimate of drug-likeness (QED) is 0.205. The molecule has 0 amide bonds. The number of benzene rings is 2. The third-order valence-corrected chi connectivity index (χ3v) is 4.45. The van der Waals surface area contributed by atoms with E-state index in [4.69, 9.17) is 17.0 Å². The predicted molar refractivity (Wildman–Crippen MR) is 113 cm³/mol. The van der Waals surface area contributed by atoms with Crippen LogP contribution in [0.25, 0.3) is 6.08 Å². The van der Waals surface area contributed by atoms with Gasteiger partial charge >= 0.3 is 0 Å². The first kappa shape index (κ1) is 19.4. The SMILES string of the molecule is CCCCCOc1cccc(C=CC(=S)c2ccc(CCC)cc2)c1. The topological polar surface area (TPSA) is 9.23 Å². The number of rotatable bonds is 10. The number of hydrogen-bond donors (Lipinski definition) is 0. The molecule has 0 aliphatic heterocycles. The van der Waals surface area contributed by atoms with Crippen molar-refractivity contribution in [3.63, 3.8) is 0 Å². The number of aryl methyl sites for hydroxylation is 1. The van der Waals surface area contributed by atoms with E-state index in [0.29, 0.717) is 0 Å². The molecule has 0 N–H and O–H groups in total. The molecule has 2 aromatic carbocycles. The van der Waals surface area contributed by atoms with Gasteiger partial charge in [0.1, 0.15) is 5.75 Å². The number of hydrogen-bond acceptors (Lipinski definition) is 2. The second kappa shape index (κ2) is 10.8. The first-order valence-electron chi connectivity index (χ1n) is 9.27. The molecule has 0 bridgehead atoms. The van der Waals surface area contributed by atoms with Crippen molar-refractivity contribution in [2.24, 2.45) is 0 Å². The molecule has 2 aromatic rings. The molecule has 0 aromatic heterocycles. The Bertz CT molecular complexity index is 685. The molecule has 0 unspecified atom stereocenters. The normalized spacial score (nSPS) is 11.0. The van der Waals surface area contributed by atoms with Crippen molar-refractivity contribution in [1.82, 2.24) is 0 Å². The van der Waals surface area contributed by atoms with Crippen LogP contribution in [0.3, 0.4) is 0 Å². The fraction of sp³-hybridized carbons (Fsp3) is 0.348. The van der Waals surface area contributed by atoms with Crippen molar-refractivity contribution in [1.29, 1.82) is 0 Å². The van der Waals surface area contributed by atoms with E-state index in [9.17, 15) is 0 Å². The van der Waals surface area contributed by atoms with Crippen molar-refractivity contribution in [2.45, 2.75) is 46.0 Å². The first-order chi connectivity index (χ1) is 12.2. The summed E-state index contributed by atoms with van der Waals surface area (Å²) in [6, 6.07) is 16.7. The van der Waals surface area contributed by atoms with Gasteiger partial charge in [0.2, 0.25) is 0 Å². The van der Waals surface area contributed by atoms with Crippen molar-refractivity contribution in [2.75, 3.05) is 6.61 Å². The van der Waals surface area contributed by atoms with E-state index in [1.165, 1.54) is 24.8 Å². The minimum Gasteiger partial charge on any atom is -0.494 e. The van der Waals surface area contributed by atoms with E-state index in [2.05, 4.69) is 56.3 Å². The lowest BCUT2D eigenvalue weighted by Gasteiger charge is -2.06. The summed E-state index contributed by atoms with van der Waals surface area (Å²) in [6.45, 7) is 5.18. The molecule has 2 heteroatoms. The highest BCUT2D eigenvalue weighted by molar-refractivity contribution is 7.81. The van der Waals surface area contributed by atoms with Gasteiger partial charge in [-0.2, -0.15) is 0 Å². The lowest BCUT2D eigenvalue weighted by molar-refractivity contribution is 0.306. The molecular weight excluding hydrogens is 324 g/mol. The standard InChI is InChI=1S/C23H28OS/c1-3-5-6-17-24-22-10-7-9-20(18-22)13-16-23(25)21-14-11-19(8-4-2)12-15-21/h7,9-16,18H,3-6,8,17H2,1-2H3. The maximum absolute atomic E-state index is 5.81. The van der Waals surface area contributed by atoms with Gasteiger partial charge in [0.25, 0.3) is 0 Å². The van der Waals surface area contributed by atoms with Gasteiger partial charge in [0.15, 0.2) is 0 Å². The summed E-state index contributed by atoms with van der Waals surface area (Å²) in [5.74, 6) is 0.924. The van der Waals surface area contributed by atoms with Crippen LogP contribution in [0.15, 0.2) is 54.6 Å². The molecule has 132 valence electrons. The van der Waals surface area contributed by atoms with Crippen LogP contribution in [-0.4, -0.2) is 11.5 Å². The molecule has 0 atom stereocenters. The van der Waals surface area contributed by atoms with Crippen molar-refractivity contribution in [3.05, 3.63) is 71.3 Å². The average Bonchev–Trinajstić information content (AvgIpc) is 2.64. The number of allylic oxidation sites excluding steroid dienone is 1. The highest BCUT2D eigenvalue weighted by atomic mass is 32.1. The summed E-state index contributed by atoms with van der Waals surface area (Å²) in [7, 11) is 0. The van der Waals surface area contributed by atoms with Gasteiger partial charge in [0, 0.05) is 4.86 Å². The van der Waals surface area contributed by atoms with Crippen LogP contribution in [0.5, 0.6) is 5.75 Å². The van der Waals surface area contributed by atoms with Crippen molar-refractivity contribution < 1.29 is 4.74 Å². The van der Waals surface area contributed by atoms with Gasteiger partial charge in [-0.3, -0.25) is 0 Å². The molecule has 0 heterocycles. The fourth-order valence-corrected chi connectivity index (χ4v) is 2.85. The predicted octanol–water partition coefficient (Wildman–Crippen LogP) is 6.64. The molecule has 1 nitrogen and oxygen atoms in total. The van der Waals surface area contributed by atoms with Crippen LogP contribution in [0.2, 0.25) is 0 Å². The third-order valence-electron chi connectivity index (χ3n) is 4.08. The van der Waals surface area contributed by atoms with Gasteiger partial charge in [-0.25, -0.2) is 0 Å². The number of ether oxygens (including phenoxy) is 1. The van der Waals surface area contributed by atoms with E-state index in [1.54, 1.807) is 0 Å². The minimum atomic E-state index is 0.781. The highest BCUT2D eigenvalue weighted by Gasteiger charge is 1.99. The fourth-order valence-electron chi connectivity index (χ4n) is 2.64. The lowest BCUT2D eigenvalue weighted by Crippen LogP contribution is -1.97. The second-order valence-electron chi connectivity index (χ2n) is 6.27. The smallest absolute Gasteiger partial charge is 0.119 e. The van der Waals surface area contributed by atoms with Crippen LogP contribution >= 0.6 is 12.2 Å². The van der Waals surface area contributed by atoms with Gasteiger partial charge in [-0.1, -0.05) is 87.8 Å². The molecule has 2 rings (SSSR count). The summed E-state index contributed by atoms with van der Waals surface area (Å²) in [6.07, 6.45) is 9.87. The Balaban J connectivity index is 1.94. The Morgan fingerprint density at radius 1 is 1.00 bits per heavy atom. The van der Waals surface area contributed by atoms with Crippen LogP contribution < -0.4 is 4.74 Å². The Hall–Kier alpha value is -1.93. The summed E-state index contributed by atoms with van der Waals surface area (Å²) >= 11 is 5.54. The minimum absolute atomic E-state index is 0.781. The Labute approximate surface area is 157 Å². The molecule has 25 heavy (non-hydrogen) atoms. The number of thiocarbonyl (C=S) groups is 1. The Morgan fingerprint density at radius 3 is 2.52 bits per heavy atom. The largest absolute Gasteiger partial charge is 0.494 e. The van der Waals surface area contributed by atoms with Crippen LogP contribution in [0.1, 0.15) is 56.2 Å². The summed E-state index contributed by atoms with van der Waals surface area (Å²) in [5.41, 5.74) is 3.57. The van der Waals surface area contributed by atoms with E-state index in [-0.39, 0.29) is 0 Å². The molecule has 0 saturated carbocycles. The zero-order valence-electron chi connectivity index (χ0n) is 15.3. The van der Waals surface area contributed by atoms with Gasteiger partial charge < -0.3 is 4.74 Å². The van der Waals surface area contributed by atoms with Crippen molar-refractivity contribution >= 4 is 23.2 Å².